The number of carbonyl (C=O) groups is 2. The minimum atomic E-state index is -0.116. The lowest BCUT2D eigenvalue weighted by molar-refractivity contribution is -0.127. The summed E-state index contributed by atoms with van der Waals surface area (Å²) < 4.78 is 1.01. The third-order valence-corrected chi connectivity index (χ3v) is 5.64. The summed E-state index contributed by atoms with van der Waals surface area (Å²) in [6, 6.07) is 8.04. The van der Waals surface area contributed by atoms with E-state index in [1.807, 2.05) is 41.0 Å². The van der Waals surface area contributed by atoms with Gasteiger partial charge in [0.05, 0.1) is 12.0 Å². The molecule has 25 heavy (non-hydrogen) atoms. The lowest BCUT2D eigenvalue weighted by atomic mass is 9.96. The molecule has 2 heterocycles. The van der Waals surface area contributed by atoms with Crippen molar-refractivity contribution >= 4 is 27.9 Å². The highest BCUT2D eigenvalue weighted by Crippen LogP contribution is 2.22. The predicted molar refractivity (Wildman–Crippen MR) is 101 cm³/mol. The largest absolute Gasteiger partial charge is 0.349 e. The van der Waals surface area contributed by atoms with Crippen LogP contribution in [0.4, 0.5) is 4.79 Å². The molecule has 0 bridgehead atoms. The van der Waals surface area contributed by atoms with E-state index < -0.39 is 0 Å². The van der Waals surface area contributed by atoms with E-state index in [1.165, 1.54) is 0 Å². The average molecular weight is 408 g/mol. The van der Waals surface area contributed by atoms with Crippen LogP contribution in [-0.4, -0.2) is 47.9 Å². The van der Waals surface area contributed by atoms with Crippen LogP contribution in [0.25, 0.3) is 0 Å². The minimum absolute atomic E-state index is 0.0466. The molecule has 3 amide bonds. The van der Waals surface area contributed by atoms with Crippen molar-refractivity contribution in [2.75, 3.05) is 26.2 Å². The number of urea groups is 1. The van der Waals surface area contributed by atoms with Gasteiger partial charge in [-0.25, -0.2) is 4.79 Å². The Kier molecular flexibility index (Phi) is 5.99. The average Bonchev–Trinajstić information content (AvgIpc) is 3.15. The van der Waals surface area contributed by atoms with Crippen molar-refractivity contribution in [1.82, 2.24) is 15.1 Å². The van der Waals surface area contributed by atoms with Crippen LogP contribution in [0, 0.1) is 5.92 Å². The first-order valence-electron chi connectivity index (χ1n) is 9.14. The van der Waals surface area contributed by atoms with E-state index in [4.69, 9.17) is 0 Å². The number of hydrogen-bond acceptors (Lipinski definition) is 2. The SMILES string of the molecule is C[C@@H](NC(=O)[C@H]1CCCN(C(=O)N2CCCC2)C1)c1cccc(Br)c1. The van der Waals surface area contributed by atoms with Crippen molar-refractivity contribution in [3.8, 4) is 0 Å². The van der Waals surface area contributed by atoms with Crippen molar-refractivity contribution in [2.24, 2.45) is 5.92 Å². The van der Waals surface area contributed by atoms with Gasteiger partial charge in [0.2, 0.25) is 5.91 Å². The second kappa shape index (κ2) is 8.21. The smallest absolute Gasteiger partial charge is 0.320 e. The fourth-order valence-electron chi connectivity index (χ4n) is 3.66. The van der Waals surface area contributed by atoms with Gasteiger partial charge in [0.15, 0.2) is 0 Å². The molecular weight excluding hydrogens is 382 g/mol. The van der Waals surface area contributed by atoms with Gasteiger partial charge >= 0.3 is 6.03 Å². The van der Waals surface area contributed by atoms with Gasteiger partial charge in [0, 0.05) is 30.7 Å². The summed E-state index contributed by atoms with van der Waals surface area (Å²) in [6.07, 6.45) is 3.92. The topological polar surface area (TPSA) is 52.7 Å². The molecule has 2 aliphatic heterocycles. The van der Waals surface area contributed by atoms with Crippen LogP contribution >= 0.6 is 15.9 Å². The van der Waals surface area contributed by atoms with Crippen LogP contribution < -0.4 is 5.32 Å². The van der Waals surface area contributed by atoms with Crippen LogP contribution in [0.2, 0.25) is 0 Å². The molecule has 2 atom stereocenters. The number of nitrogens with zero attached hydrogens (tertiary/aromatic N) is 2. The highest BCUT2D eigenvalue weighted by Gasteiger charge is 2.31. The fourth-order valence-corrected chi connectivity index (χ4v) is 4.08. The van der Waals surface area contributed by atoms with Crippen molar-refractivity contribution in [2.45, 2.75) is 38.6 Å². The third kappa shape index (κ3) is 4.54. The summed E-state index contributed by atoms with van der Waals surface area (Å²) in [7, 11) is 0. The Hall–Kier alpha value is -1.56. The quantitative estimate of drug-likeness (QED) is 0.832. The fraction of sp³-hybridized carbons (Fsp3) is 0.579. The Bertz CT molecular complexity index is 631. The number of piperidine rings is 1. The Labute approximate surface area is 157 Å². The molecule has 0 aliphatic carbocycles. The molecule has 0 spiro atoms. The monoisotopic (exact) mass is 407 g/mol. The molecular formula is C19H26BrN3O2. The number of hydrogen-bond donors (Lipinski definition) is 1. The molecule has 136 valence electrons. The number of benzene rings is 1. The predicted octanol–water partition coefficient (Wildman–Crippen LogP) is 3.55. The third-order valence-electron chi connectivity index (χ3n) is 5.15. The van der Waals surface area contributed by atoms with Gasteiger partial charge < -0.3 is 15.1 Å². The van der Waals surface area contributed by atoms with Crippen LogP contribution in [0.1, 0.15) is 44.2 Å². The summed E-state index contributed by atoms with van der Waals surface area (Å²) in [5.41, 5.74) is 1.07. The number of likely N-dealkylation sites (tertiary alicyclic amines) is 2. The standard InChI is InChI=1S/C19H26BrN3O2/c1-14(15-6-4-8-17(20)12-15)21-18(24)16-7-5-11-23(13-16)19(25)22-9-2-3-10-22/h4,6,8,12,14,16H,2-3,5,7,9-11,13H2,1H3,(H,21,24)/t14-,16+/m1/s1. The van der Waals surface area contributed by atoms with E-state index in [0.717, 1.165) is 55.4 Å². The first-order chi connectivity index (χ1) is 12.0. The molecule has 0 saturated carbocycles. The molecule has 1 N–H and O–H groups in total. The van der Waals surface area contributed by atoms with Crippen LogP contribution in [0.15, 0.2) is 28.7 Å². The Morgan fingerprint density at radius 1 is 1.16 bits per heavy atom. The number of nitrogens with one attached hydrogen (secondary N) is 1. The molecule has 2 saturated heterocycles. The molecule has 3 rings (SSSR count). The highest BCUT2D eigenvalue weighted by atomic mass is 79.9. The summed E-state index contributed by atoms with van der Waals surface area (Å²) in [5.74, 6) is -0.0682. The van der Waals surface area contributed by atoms with Gasteiger partial charge in [-0.05, 0) is 50.3 Å². The van der Waals surface area contributed by atoms with Gasteiger partial charge in [-0.1, -0.05) is 28.1 Å². The zero-order chi connectivity index (χ0) is 17.8. The maximum Gasteiger partial charge on any atom is 0.320 e. The Morgan fingerprint density at radius 2 is 1.88 bits per heavy atom. The first-order valence-corrected chi connectivity index (χ1v) is 9.93. The summed E-state index contributed by atoms with van der Waals surface area (Å²) in [6.45, 7) is 5.00. The molecule has 2 aliphatic rings. The van der Waals surface area contributed by atoms with Crippen LogP contribution in [0.3, 0.4) is 0 Å². The van der Waals surface area contributed by atoms with E-state index in [2.05, 4.69) is 21.2 Å². The van der Waals surface area contributed by atoms with Gasteiger partial charge in [0.25, 0.3) is 0 Å². The lowest BCUT2D eigenvalue weighted by Crippen LogP contribution is -2.49. The number of carbonyl (C=O) groups excluding carboxylic acids is 2. The molecule has 2 fully saturated rings. The highest BCUT2D eigenvalue weighted by molar-refractivity contribution is 9.10. The Balaban J connectivity index is 1.57. The van der Waals surface area contributed by atoms with E-state index in [-0.39, 0.29) is 23.9 Å². The first kappa shape index (κ1) is 18.2. The van der Waals surface area contributed by atoms with Crippen LogP contribution in [-0.2, 0) is 4.79 Å². The molecule has 1 aromatic carbocycles. The van der Waals surface area contributed by atoms with Gasteiger partial charge in [-0.2, -0.15) is 0 Å². The van der Waals surface area contributed by atoms with E-state index >= 15 is 0 Å². The second-order valence-electron chi connectivity index (χ2n) is 7.05. The zero-order valence-corrected chi connectivity index (χ0v) is 16.3. The van der Waals surface area contributed by atoms with E-state index in [9.17, 15) is 9.59 Å². The maximum atomic E-state index is 12.7. The normalized spacial score (nSPS) is 21.9. The van der Waals surface area contributed by atoms with Crippen LogP contribution in [0.5, 0.6) is 0 Å². The van der Waals surface area contributed by atoms with Crippen molar-refractivity contribution in [3.63, 3.8) is 0 Å². The van der Waals surface area contributed by atoms with E-state index in [0.29, 0.717) is 6.54 Å². The lowest BCUT2D eigenvalue weighted by Gasteiger charge is -2.35. The maximum absolute atomic E-state index is 12.7. The molecule has 1 aromatic rings. The molecule has 0 radical (unpaired) electrons. The van der Waals surface area contributed by atoms with Gasteiger partial charge in [0.1, 0.15) is 0 Å². The van der Waals surface area contributed by atoms with Crippen molar-refractivity contribution < 1.29 is 9.59 Å². The summed E-state index contributed by atoms with van der Waals surface area (Å²) in [5, 5.41) is 3.11. The number of amides is 3. The number of halogens is 1. The van der Waals surface area contributed by atoms with Crippen molar-refractivity contribution in [3.05, 3.63) is 34.3 Å². The summed E-state index contributed by atoms with van der Waals surface area (Å²) in [4.78, 5) is 29.0. The van der Waals surface area contributed by atoms with Crippen molar-refractivity contribution in [1.29, 1.82) is 0 Å². The zero-order valence-electron chi connectivity index (χ0n) is 14.7. The molecule has 5 nitrogen and oxygen atoms in total. The number of rotatable bonds is 3. The van der Waals surface area contributed by atoms with Gasteiger partial charge in [-0.3, -0.25) is 4.79 Å². The van der Waals surface area contributed by atoms with E-state index in [1.54, 1.807) is 0 Å². The molecule has 6 heteroatoms. The minimum Gasteiger partial charge on any atom is -0.349 e. The molecule has 0 aromatic heterocycles. The second-order valence-corrected chi connectivity index (χ2v) is 7.96. The molecule has 0 unspecified atom stereocenters. The van der Waals surface area contributed by atoms with Gasteiger partial charge in [-0.15, -0.1) is 0 Å². The Morgan fingerprint density at radius 3 is 2.60 bits per heavy atom. The summed E-state index contributed by atoms with van der Waals surface area (Å²) >= 11 is 3.47.